The number of likely N-dealkylation sites (N-methyl/N-ethyl adjacent to an activating group) is 2. The molecule has 4 aromatic carbocycles. The summed E-state index contributed by atoms with van der Waals surface area (Å²) < 4.78 is 80.2. The van der Waals surface area contributed by atoms with Crippen LogP contribution in [-0.4, -0.2) is 102 Å². The number of anilines is 1. The summed E-state index contributed by atoms with van der Waals surface area (Å²) in [4.78, 5) is 31.6. The van der Waals surface area contributed by atoms with Gasteiger partial charge in [-0.25, -0.2) is 4.79 Å². The number of hydrogen-bond donors (Lipinski definition) is 2. The minimum absolute atomic E-state index is 0.105. The van der Waals surface area contributed by atoms with Gasteiger partial charge in [0.05, 0.1) is 16.7 Å². The van der Waals surface area contributed by atoms with Gasteiger partial charge in [-0.05, 0) is 78.3 Å². The summed E-state index contributed by atoms with van der Waals surface area (Å²) in [6.07, 6.45) is 1.51. The molecule has 0 atom stereocenters. The molecular weight excluding hydrogens is 797 g/mol. The van der Waals surface area contributed by atoms with E-state index in [1.54, 1.807) is 42.5 Å². The Hall–Kier alpha value is -5.64. The van der Waals surface area contributed by atoms with Crippen molar-refractivity contribution in [1.29, 1.82) is 0 Å². The van der Waals surface area contributed by atoms with Crippen LogP contribution < -0.4 is 5.73 Å². The molecule has 324 valence electrons. The number of Topliss-reactive ketones (excluding diaryl/α,β-unsaturated/α-hetero) is 1. The Balaban J connectivity index is 0.000000226. The molecule has 2 aliphatic rings. The van der Waals surface area contributed by atoms with Crippen LogP contribution in [0.2, 0.25) is 0 Å². The first-order valence-electron chi connectivity index (χ1n) is 19.9. The van der Waals surface area contributed by atoms with Crippen LogP contribution in [0.4, 0.5) is 32.0 Å². The number of terminal acetylenes is 2. The Morgan fingerprint density at radius 2 is 1.05 bits per heavy atom. The summed E-state index contributed by atoms with van der Waals surface area (Å²) in [5.74, 6) is 3.60. The molecule has 0 bridgehead atoms. The third kappa shape index (κ3) is 14.8. The first-order valence-corrected chi connectivity index (χ1v) is 19.9. The first-order chi connectivity index (χ1) is 28.9. The van der Waals surface area contributed by atoms with Crippen LogP contribution in [0, 0.1) is 24.7 Å². The van der Waals surface area contributed by atoms with E-state index >= 15 is 0 Å². The van der Waals surface area contributed by atoms with Gasteiger partial charge in [0.15, 0.2) is 5.78 Å². The second-order valence-corrected chi connectivity index (χ2v) is 14.7. The van der Waals surface area contributed by atoms with Gasteiger partial charge in [-0.15, -0.1) is 12.8 Å². The zero-order valence-corrected chi connectivity index (χ0v) is 34.3. The normalized spacial score (nSPS) is 15.3. The number of ketones is 1. The lowest BCUT2D eigenvalue weighted by atomic mass is 9.97. The van der Waals surface area contributed by atoms with Gasteiger partial charge in [0, 0.05) is 94.2 Å². The standard InChI is InChI=1S/C24H25F3N2O.C14H20F3N3.C9H6O2/c1-3-18-6-5-7-20(14-18)23(30)16-19-8-9-21(22(15-19)24(25,26)27)17-29-12-10-28(4-2)11-13-29;1-2-19-5-7-20(8-6-19)10-11-3-4-12(18)9-13(11)14(15,16)17;1-2-7-4-3-5-8(6-7)9(10)11/h1,5-9,14-15H,4,10-13,16-17H2,2H3;3-4,9H,2,5-8,10,18H2,1H3;1,3-6H,(H,10,11). The Morgan fingerprint density at radius 3 is 1.49 bits per heavy atom. The van der Waals surface area contributed by atoms with Gasteiger partial charge < -0.3 is 20.6 Å². The fraction of sp³-hybridized carbons (Fsp3) is 0.362. The van der Waals surface area contributed by atoms with Crippen LogP contribution in [0.1, 0.15) is 73.5 Å². The Bertz CT molecular complexity index is 2180. The molecule has 0 saturated carbocycles. The van der Waals surface area contributed by atoms with Crippen molar-refractivity contribution in [2.24, 2.45) is 0 Å². The second-order valence-electron chi connectivity index (χ2n) is 14.7. The number of carboxylic acids is 1. The lowest BCUT2D eigenvalue weighted by molar-refractivity contribution is -0.139. The molecule has 0 spiro atoms. The molecule has 61 heavy (non-hydrogen) atoms. The summed E-state index contributed by atoms with van der Waals surface area (Å²) in [5, 5.41) is 8.54. The van der Waals surface area contributed by atoms with Crippen molar-refractivity contribution in [3.05, 3.63) is 135 Å². The van der Waals surface area contributed by atoms with E-state index in [2.05, 4.69) is 40.4 Å². The van der Waals surface area contributed by atoms with E-state index in [0.717, 1.165) is 77.6 Å². The summed E-state index contributed by atoms with van der Waals surface area (Å²) in [6.45, 7) is 13.3. The Labute approximate surface area is 353 Å². The van der Waals surface area contributed by atoms with E-state index in [4.69, 9.17) is 23.7 Å². The number of carbonyl (C=O) groups is 2. The fourth-order valence-corrected chi connectivity index (χ4v) is 6.95. The minimum Gasteiger partial charge on any atom is -0.478 e. The molecular formula is C47H51F6N5O3. The topological polar surface area (TPSA) is 93.3 Å². The third-order valence-corrected chi connectivity index (χ3v) is 10.5. The summed E-state index contributed by atoms with van der Waals surface area (Å²) in [7, 11) is 0. The zero-order valence-electron chi connectivity index (χ0n) is 34.3. The van der Waals surface area contributed by atoms with Crippen molar-refractivity contribution >= 4 is 17.4 Å². The summed E-state index contributed by atoms with van der Waals surface area (Å²) in [5.41, 5.74) is 7.02. The maximum absolute atomic E-state index is 13.7. The molecule has 2 aliphatic heterocycles. The number of halogens is 6. The van der Waals surface area contributed by atoms with Crippen LogP contribution in [-0.2, 0) is 31.9 Å². The monoisotopic (exact) mass is 847 g/mol. The van der Waals surface area contributed by atoms with Crippen molar-refractivity contribution in [3.63, 3.8) is 0 Å². The van der Waals surface area contributed by atoms with Crippen LogP contribution in [0.3, 0.4) is 0 Å². The molecule has 3 N–H and O–H groups in total. The van der Waals surface area contributed by atoms with Crippen LogP contribution in [0.25, 0.3) is 0 Å². The van der Waals surface area contributed by atoms with Gasteiger partial charge in [0.1, 0.15) is 0 Å². The SMILES string of the molecule is C#Cc1cccc(C(=O)Cc2ccc(CN3CCN(CC)CC3)c(C(F)(F)F)c2)c1.C#Cc1cccc(C(=O)O)c1.CCN1CCN(Cc2ccc(N)cc2C(F)(F)F)CC1. The molecule has 14 heteroatoms. The maximum Gasteiger partial charge on any atom is 0.416 e. The summed E-state index contributed by atoms with van der Waals surface area (Å²) in [6, 6.07) is 21.1. The number of carboxylic acid groups (broad SMARTS) is 1. The van der Waals surface area contributed by atoms with Crippen LogP contribution in [0.5, 0.6) is 0 Å². The van der Waals surface area contributed by atoms with Crippen molar-refractivity contribution in [2.75, 3.05) is 71.2 Å². The van der Waals surface area contributed by atoms with E-state index in [9.17, 15) is 35.9 Å². The average molecular weight is 848 g/mol. The van der Waals surface area contributed by atoms with Gasteiger partial charge in [0.25, 0.3) is 0 Å². The number of benzene rings is 4. The number of hydrogen-bond acceptors (Lipinski definition) is 7. The molecule has 4 aromatic rings. The fourth-order valence-electron chi connectivity index (χ4n) is 6.95. The minimum atomic E-state index is -4.47. The lowest BCUT2D eigenvalue weighted by Gasteiger charge is -2.34. The molecule has 2 saturated heterocycles. The number of nitrogens with two attached hydrogens (primary N) is 1. The van der Waals surface area contributed by atoms with Crippen molar-refractivity contribution in [3.8, 4) is 24.7 Å². The highest BCUT2D eigenvalue weighted by Crippen LogP contribution is 2.35. The Kier molecular flexibility index (Phi) is 17.5. The largest absolute Gasteiger partial charge is 0.478 e. The van der Waals surface area contributed by atoms with Crippen molar-refractivity contribution in [1.82, 2.24) is 19.6 Å². The molecule has 0 unspecified atom stereocenters. The van der Waals surface area contributed by atoms with Crippen molar-refractivity contribution < 1.29 is 41.0 Å². The molecule has 2 heterocycles. The number of alkyl halides is 6. The highest BCUT2D eigenvalue weighted by atomic mass is 19.4. The lowest BCUT2D eigenvalue weighted by Crippen LogP contribution is -2.45. The highest BCUT2D eigenvalue weighted by molar-refractivity contribution is 5.97. The predicted molar refractivity (Wildman–Crippen MR) is 226 cm³/mol. The van der Waals surface area contributed by atoms with Crippen LogP contribution in [0.15, 0.2) is 84.9 Å². The van der Waals surface area contributed by atoms with Gasteiger partial charge in [-0.3, -0.25) is 14.6 Å². The molecule has 0 aliphatic carbocycles. The van der Waals surface area contributed by atoms with Gasteiger partial charge in [0.2, 0.25) is 0 Å². The van der Waals surface area contributed by atoms with Gasteiger partial charge in [-0.2, -0.15) is 26.3 Å². The van der Waals surface area contributed by atoms with E-state index in [0.29, 0.717) is 34.4 Å². The highest BCUT2D eigenvalue weighted by Gasteiger charge is 2.35. The predicted octanol–water partition coefficient (Wildman–Crippen LogP) is 8.04. The number of nitrogens with zero attached hydrogens (tertiary/aromatic N) is 4. The molecule has 0 aromatic heterocycles. The number of piperazine rings is 2. The number of nitrogen functional groups attached to an aromatic ring is 1. The van der Waals surface area contributed by atoms with E-state index in [1.165, 1.54) is 30.3 Å². The quantitative estimate of drug-likeness (QED) is 0.0718. The maximum atomic E-state index is 13.7. The first kappa shape index (κ1) is 48.0. The number of rotatable bonds is 10. The number of carbonyl (C=O) groups excluding carboxylic acids is 1. The molecule has 0 radical (unpaired) electrons. The zero-order chi connectivity index (χ0) is 44.7. The molecule has 0 amide bonds. The third-order valence-electron chi connectivity index (χ3n) is 10.5. The average Bonchev–Trinajstić information content (AvgIpc) is 3.25. The smallest absolute Gasteiger partial charge is 0.416 e. The van der Waals surface area contributed by atoms with Gasteiger partial charge in [-0.1, -0.05) is 62.1 Å². The van der Waals surface area contributed by atoms with E-state index in [1.807, 2.05) is 4.90 Å². The molecule has 6 rings (SSSR count). The molecule has 2 fully saturated rings. The Morgan fingerprint density at radius 1 is 0.623 bits per heavy atom. The van der Waals surface area contributed by atoms with Crippen molar-refractivity contribution in [2.45, 2.75) is 45.7 Å². The van der Waals surface area contributed by atoms with Gasteiger partial charge >= 0.3 is 18.3 Å². The summed E-state index contributed by atoms with van der Waals surface area (Å²) >= 11 is 0. The van der Waals surface area contributed by atoms with Crippen LogP contribution >= 0.6 is 0 Å². The second kappa shape index (κ2) is 22.3. The number of aromatic carboxylic acids is 1. The molecule has 8 nitrogen and oxygen atoms in total. The van der Waals surface area contributed by atoms with E-state index in [-0.39, 0.29) is 35.6 Å². The van der Waals surface area contributed by atoms with E-state index < -0.39 is 29.4 Å².